The summed E-state index contributed by atoms with van der Waals surface area (Å²) in [6, 6.07) is 9.42. The van der Waals surface area contributed by atoms with Gasteiger partial charge in [-0.2, -0.15) is 0 Å². The van der Waals surface area contributed by atoms with E-state index >= 15 is 0 Å². The zero-order valence-corrected chi connectivity index (χ0v) is 8.72. The average Bonchev–Trinajstić information content (AvgIpc) is 2.29. The molecular weight excluding hydrogens is 204 g/mol. The molecule has 0 saturated heterocycles. The number of pyridine rings is 1. The summed E-state index contributed by atoms with van der Waals surface area (Å²) in [5.41, 5.74) is 5.91. The van der Waals surface area contributed by atoms with Crippen LogP contribution in [-0.2, 0) is 4.79 Å². The Hall–Kier alpha value is -2.10. The van der Waals surface area contributed by atoms with Gasteiger partial charge in [0.25, 0.3) is 0 Å². The van der Waals surface area contributed by atoms with E-state index in [0.29, 0.717) is 6.61 Å². The van der Waals surface area contributed by atoms with Gasteiger partial charge >= 0.3 is 0 Å². The topological polar surface area (TPSA) is 65.2 Å². The van der Waals surface area contributed by atoms with E-state index in [2.05, 4.69) is 4.98 Å². The highest BCUT2D eigenvalue weighted by atomic mass is 16.5. The van der Waals surface area contributed by atoms with Crippen LogP contribution in [0.3, 0.4) is 0 Å². The van der Waals surface area contributed by atoms with Gasteiger partial charge in [-0.05, 0) is 24.3 Å². The molecule has 0 bridgehead atoms. The van der Waals surface area contributed by atoms with E-state index in [1.54, 1.807) is 6.20 Å². The summed E-state index contributed by atoms with van der Waals surface area (Å²) >= 11 is 0. The van der Waals surface area contributed by atoms with Crippen molar-refractivity contribution in [3.63, 3.8) is 0 Å². The van der Waals surface area contributed by atoms with Gasteiger partial charge in [0.2, 0.25) is 5.91 Å². The molecule has 2 N–H and O–H groups in total. The van der Waals surface area contributed by atoms with Gasteiger partial charge in [-0.1, -0.05) is 6.07 Å². The lowest BCUT2D eigenvalue weighted by Gasteiger charge is -2.07. The Balaban J connectivity index is 2.20. The summed E-state index contributed by atoms with van der Waals surface area (Å²) in [4.78, 5) is 14.8. The Morgan fingerprint density at radius 2 is 2.19 bits per heavy atom. The van der Waals surface area contributed by atoms with Crippen LogP contribution in [0.15, 0.2) is 36.5 Å². The number of nitrogens with zero attached hydrogens (tertiary/aromatic N) is 1. The fourth-order valence-electron chi connectivity index (χ4n) is 1.46. The molecule has 16 heavy (non-hydrogen) atoms. The van der Waals surface area contributed by atoms with Gasteiger partial charge < -0.3 is 10.5 Å². The van der Waals surface area contributed by atoms with Gasteiger partial charge in [-0.15, -0.1) is 0 Å². The molecule has 1 amide bonds. The zero-order chi connectivity index (χ0) is 11.4. The number of carbonyl (C=O) groups is 1. The number of ether oxygens (including phenoxy) is 1. The predicted molar refractivity (Wildman–Crippen MR) is 61.0 cm³/mol. The molecule has 1 aromatic carbocycles. The Kier molecular flexibility index (Phi) is 3.00. The van der Waals surface area contributed by atoms with Crippen molar-refractivity contribution in [1.29, 1.82) is 0 Å². The Morgan fingerprint density at radius 1 is 1.31 bits per heavy atom. The number of hydrogen-bond donors (Lipinski definition) is 1. The van der Waals surface area contributed by atoms with Crippen LogP contribution in [0.25, 0.3) is 10.9 Å². The number of rotatable bonds is 4. The molecule has 0 spiro atoms. The van der Waals surface area contributed by atoms with Crippen LogP contribution < -0.4 is 10.5 Å². The number of benzene rings is 1. The normalized spacial score (nSPS) is 10.2. The number of nitrogens with two attached hydrogens (primary N) is 1. The van der Waals surface area contributed by atoms with Crippen LogP contribution in [0.5, 0.6) is 5.75 Å². The third-order valence-corrected chi connectivity index (χ3v) is 2.21. The summed E-state index contributed by atoms with van der Waals surface area (Å²) in [7, 11) is 0. The highest BCUT2D eigenvalue weighted by Gasteiger charge is 2.02. The van der Waals surface area contributed by atoms with E-state index in [4.69, 9.17) is 10.5 Å². The molecule has 1 aromatic heterocycles. The van der Waals surface area contributed by atoms with Crippen LogP contribution in [0.2, 0.25) is 0 Å². The van der Waals surface area contributed by atoms with E-state index < -0.39 is 0 Å². The maximum atomic E-state index is 10.6. The SMILES string of the molecule is NC(=O)CCOc1cccc2ncccc12. The number of hydrogen-bond acceptors (Lipinski definition) is 3. The second-order valence-electron chi connectivity index (χ2n) is 3.39. The fourth-order valence-corrected chi connectivity index (χ4v) is 1.46. The van der Waals surface area contributed by atoms with Crippen molar-refractivity contribution in [3.8, 4) is 5.75 Å². The van der Waals surface area contributed by atoms with Crippen molar-refractivity contribution in [2.45, 2.75) is 6.42 Å². The minimum atomic E-state index is -0.363. The molecule has 4 nitrogen and oxygen atoms in total. The van der Waals surface area contributed by atoms with E-state index in [0.717, 1.165) is 16.7 Å². The summed E-state index contributed by atoms with van der Waals surface area (Å²) < 4.78 is 5.49. The molecule has 0 unspecified atom stereocenters. The van der Waals surface area contributed by atoms with Crippen LogP contribution in [0.1, 0.15) is 6.42 Å². The standard InChI is InChI=1S/C12H12N2O2/c13-12(15)6-8-16-11-5-1-4-10-9(11)3-2-7-14-10/h1-5,7H,6,8H2,(H2,13,15). The summed E-state index contributed by atoms with van der Waals surface area (Å²) in [5.74, 6) is 0.366. The molecule has 0 saturated carbocycles. The molecule has 0 aliphatic rings. The number of primary amides is 1. The maximum Gasteiger partial charge on any atom is 0.220 e. The first-order chi connectivity index (χ1) is 7.77. The van der Waals surface area contributed by atoms with E-state index in [1.807, 2.05) is 30.3 Å². The third-order valence-electron chi connectivity index (χ3n) is 2.21. The van der Waals surface area contributed by atoms with Crippen molar-refractivity contribution in [1.82, 2.24) is 4.98 Å². The molecular formula is C12H12N2O2. The lowest BCUT2D eigenvalue weighted by Crippen LogP contribution is -2.14. The Morgan fingerprint density at radius 3 is 3.00 bits per heavy atom. The first-order valence-electron chi connectivity index (χ1n) is 5.02. The molecule has 82 valence electrons. The highest BCUT2D eigenvalue weighted by molar-refractivity contribution is 5.84. The second-order valence-corrected chi connectivity index (χ2v) is 3.39. The summed E-state index contributed by atoms with van der Waals surface area (Å²) in [5, 5.41) is 0.939. The largest absolute Gasteiger partial charge is 0.492 e. The average molecular weight is 216 g/mol. The second kappa shape index (κ2) is 4.61. The van der Waals surface area contributed by atoms with Crippen molar-refractivity contribution in [2.24, 2.45) is 5.73 Å². The number of amides is 1. The van der Waals surface area contributed by atoms with Gasteiger partial charge in [0, 0.05) is 11.6 Å². The molecule has 0 aliphatic heterocycles. The first-order valence-corrected chi connectivity index (χ1v) is 5.02. The molecule has 0 radical (unpaired) electrons. The summed E-state index contributed by atoms with van der Waals surface area (Å²) in [6.45, 7) is 0.295. The van der Waals surface area contributed by atoms with Crippen LogP contribution >= 0.6 is 0 Å². The molecule has 1 heterocycles. The smallest absolute Gasteiger partial charge is 0.220 e. The lowest BCUT2D eigenvalue weighted by molar-refractivity contribution is -0.118. The van der Waals surface area contributed by atoms with Crippen LogP contribution in [-0.4, -0.2) is 17.5 Å². The number of aromatic nitrogens is 1. The molecule has 2 aromatic rings. The Bertz CT molecular complexity index is 506. The minimum absolute atomic E-state index is 0.219. The van der Waals surface area contributed by atoms with Crippen LogP contribution in [0, 0.1) is 0 Å². The van der Waals surface area contributed by atoms with Crippen molar-refractivity contribution >= 4 is 16.8 Å². The van der Waals surface area contributed by atoms with Gasteiger partial charge in [0.1, 0.15) is 5.75 Å². The Labute approximate surface area is 93.0 Å². The minimum Gasteiger partial charge on any atom is -0.492 e. The van der Waals surface area contributed by atoms with E-state index in [9.17, 15) is 4.79 Å². The van der Waals surface area contributed by atoms with Crippen molar-refractivity contribution in [2.75, 3.05) is 6.61 Å². The van der Waals surface area contributed by atoms with E-state index in [-0.39, 0.29) is 12.3 Å². The van der Waals surface area contributed by atoms with Crippen molar-refractivity contribution < 1.29 is 9.53 Å². The lowest BCUT2D eigenvalue weighted by atomic mass is 10.2. The first kappa shape index (κ1) is 10.4. The predicted octanol–water partition coefficient (Wildman–Crippen LogP) is 1.49. The number of carbonyl (C=O) groups excluding carboxylic acids is 1. The molecule has 0 aliphatic carbocycles. The molecule has 4 heteroatoms. The monoisotopic (exact) mass is 216 g/mol. The van der Waals surface area contributed by atoms with Gasteiger partial charge in [0.05, 0.1) is 18.5 Å². The molecule has 2 rings (SSSR count). The van der Waals surface area contributed by atoms with Gasteiger partial charge in [0.15, 0.2) is 0 Å². The third kappa shape index (κ3) is 2.28. The van der Waals surface area contributed by atoms with E-state index in [1.165, 1.54) is 0 Å². The number of fused-ring (bicyclic) bond motifs is 1. The van der Waals surface area contributed by atoms with Crippen LogP contribution in [0.4, 0.5) is 0 Å². The highest BCUT2D eigenvalue weighted by Crippen LogP contribution is 2.23. The van der Waals surface area contributed by atoms with Gasteiger partial charge in [-0.25, -0.2) is 0 Å². The quantitative estimate of drug-likeness (QED) is 0.842. The fraction of sp³-hybridized carbons (Fsp3) is 0.167. The van der Waals surface area contributed by atoms with Gasteiger partial charge in [-0.3, -0.25) is 9.78 Å². The maximum absolute atomic E-state index is 10.6. The molecule has 0 atom stereocenters. The van der Waals surface area contributed by atoms with Crippen molar-refractivity contribution in [3.05, 3.63) is 36.5 Å². The molecule has 0 fully saturated rings. The zero-order valence-electron chi connectivity index (χ0n) is 8.72. The summed E-state index contributed by atoms with van der Waals surface area (Å²) in [6.07, 6.45) is 1.95.